The number of nitrogens with one attached hydrogen (secondary N) is 1. The maximum Gasteiger partial charge on any atom is 0.194 e. The summed E-state index contributed by atoms with van der Waals surface area (Å²) < 4.78 is 52.1. The fourth-order valence-electron chi connectivity index (χ4n) is 1.73. The molecule has 0 aliphatic carbocycles. The predicted molar refractivity (Wildman–Crippen MR) is 66.2 cm³/mol. The molecule has 6 heteroatoms. The normalized spacial score (nSPS) is 12.2. The third-order valence-electron chi connectivity index (χ3n) is 2.75. The third-order valence-corrected chi connectivity index (χ3v) is 2.75. The molecule has 2 nitrogen and oxygen atoms in total. The Morgan fingerprint density at radius 3 is 2.15 bits per heavy atom. The van der Waals surface area contributed by atoms with Gasteiger partial charge in [-0.2, -0.15) is 0 Å². The van der Waals surface area contributed by atoms with Crippen LogP contribution in [0.3, 0.4) is 0 Å². The second kappa shape index (κ2) is 5.92. The maximum atomic E-state index is 13.4. The molecule has 2 aromatic carbocycles. The van der Waals surface area contributed by atoms with Gasteiger partial charge < -0.3 is 10.4 Å². The molecule has 2 aromatic rings. The Morgan fingerprint density at radius 2 is 1.55 bits per heavy atom. The SMILES string of the molecule is OC(CNc1cc(F)c(F)c(F)c1)c1ccccc1F. The van der Waals surface area contributed by atoms with Crippen molar-refractivity contribution < 1.29 is 22.7 Å². The van der Waals surface area contributed by atoms with Gasteiger partial charge in [-0.05, 0) is 6.07 Å². The fourth-order valence-corrected chi connectivity index (χ4v) is 1.73. The van der Waals surface area contributed by atoms with E-state index in [9.17, 15) is 22.7 Å². The number of hydrogen-bond donors (Lipinski definition) is 2. The number of hydrogen-bond acceptors (Lipinski definition) is 2. The highest BCUT2D eigenvalue weighted by Crippen LogP contribution is 2.20. The van der Waals surface area contributed by atoms with Crippen LogP contribution in [0.5, 0.6) is 0 Å². The summed E-state index contributed by atoms with van der Waals surface area (Å²) in [7, 11) is 0. The average molecular weight is 285 g/mol. The van der Waals surface area contributed by atoms with Crippen molar-refractivity contribution in [3.63, 3.8) is 0 Å². The Labute approximate surface area is 112 Å². The van der Waals surface area contributed by atoms with E-state index in [2.05, 4.69) is 5.32 Å². The quantitative estimate of drug-likeness (QED) is 0.666. The number of aliphatic hydroxyl groups is 1. The molecule has 0 saturated carbocycles. The lowest BCUT2D eigenvalue weighted by Crippen LogP contribution is -2.14. The highest BCUT2D eigenvalue weighted by Gasteiger charge is 2.14. The van der Waals surface area contributed by atoms with Gasteiger partial charge in [-0.15, -0.1) is 0 Å². The van der Waals surface area contributed by atoms with Crippen LogP contribution in [0.15, 0.2) is 36.4 Å². The Kier molecular flexibility index (Phi) is 4.24. The summed E-state index contributed by atoms with van der Waals surface area (Å²) in [5.74, 6) is -4.83. The van der Waals surface area contributed by atoms with E-state index in [0.29, 0.717) is 0 Å². The number of anilines is 1. The first kappa shape index (κ1) is 14.3. The van der Waals surface area contributed by atoms with Gasteiger partial charge in [-0.1, -0.05) is 18.2 Å². The second-order valence-electron chi connectivity index (χ2n) is 4.17. The predicted octanol–water partition coefficient (Wildman–Crippen LogP) is 3.39. The number of benzene rings is 2. The van der Waals surface area contributed by atoms with E-state index in [1.807, 2.05) is 0 Å². The molecule has 0 heterocycles. The zero-order valence-corrected chi connectivity index (χ0v) is 10.2. The van der Waals surface area contributed by atoms with E-state index in [0.717, 1.165) is 12.1 Å². The molecule has 0 amide bonds. The number of rotatable bonds is 4. The standard InChI is InChI=1S/C14H11F4NO/c15-10-4-2-1-3-9(10)13(20)7-19-8-5-11(16)14(18)12(17)6-8/h1-6,13,19-20H,7H2. The molecule has 0 aromatic heterocycles. The summed E-state index contributed by atoms with van der Waals surface area (Å²) in [6.45, 7) is -0.175. The lowest BCUT2D eigenvalue weighted by atomic mass is 10.1. The Hall–Kier alpha value is -2.08. The van der Waals surface area contributed by atoms with Gasteiger partial charge in [0.25, 0.3) is 0 Å². The van der Waals surface area contributed by atoms with Crippen LogP contribution in [0.2, 0.25) is 0 Å². The maximum absolute atomic E-state index is 13.4. The molecule has 106 valence electrons. The van der Waals surface area contributed by atoms with Crippen molar-refractivity contribution in [2.24, 2.45) is 0 Å². The van der Waals surface area contributed by atoms with Gasteiger partial charge in [-0.3, -0.25) is 0 Å². The van der Waals surface area contributed by atoms with Crippen LogP contribution in [0, 0.1) is 23.3 Å². The Morgan fingerprint density at radius 1 is 0.950 bits per heavy atom. The zero-order chi connectivity index (χ0) is 14.7. The molecule has 0 saturated heterocycles. The van der Waals surface area contributed by atoms with Crippen LogP contribution in [0.1, 0.15) is 11.7 Å². The molecule has 2 rings (SSSR count). The molecule has 0 radical (unpaired) electrons. The third kappa shape index (κ3) is 3.08. The van der Waals surface area contributed by atoms with Crippen LogP contribution >= 0.6 is 0 Å². The first-order chi connectivity index (χ1) is 9.49. The summed E-state index contributed by atoms with van der Waals surface area (Å²) in [5.41, 5.74) is 0.0137. The van der Waals surface area contributed by atoms with Crippen molar-refractivity contribution in [2.45, 2.75) is 6.10 Å². The highest BCUT2D eigenvalue weighted by molar-refractivity contribution is 5.44. The van der Waals surface area contributed by atoms with Gasteiger partial charge >= 0.3 is 0 Å². The monoisotopic (exact) mass is 285 g/mol. The first-order valence-corrected chi connectivity index (χ1v) is 5.80. The van der Waals surface area contributed by atoms with Gasteiger partial charge in [0.05, 0.1) is 6.10 Å². The molecule has 20 heavy (non-hydrogen) atoms. The Balaban J connectivity index is 2.07. The summed E-state index contributed by atoms with van der Waals surface area (Å²) in [6, 6.07) is 7.13. The van der Waals surface area contributed by atoms with Crippen molar-refractivity contribution in [1.29, 1.82) is 0 Å². The molecule has 0 spiro atoms. The van der Waals surface area contributed by atoms with Crippen LogP contribution < -0.4 is 5.32 Å². The average Bonchev–Trinajstić information content (AvgIpc) is 2.42. The summed E-state index contributed by atoms with van der Waals surface area (Å²) >= 11 is 0. The molecule has 0 aliphatic rings. The molecule has 2 N–H and O–H groups in total. The smallest absolute Gasteiger partial charge is 0.194 e. The van der Waals surface area contributed by atoms with E-state index in [1.165, 1.54) is 18.2 Å². The molecule has 0 fully saturated rings. The van der Waals surface area contributed by atoms with Gasteiger partial charge in [0.2, 0.25) is 0 Å². The minimum Gasteiger partial charge on any atom is -0.386 e. The molecular weight excluding hydrogens is 274 g/mol. The largest absolute Gasteiger partial charge is 0.386 e. The second-order valence-corrected chi connectivity index (χ2v) is 4.17. The van der Waals surface area contributed by atoms with E-state index in [4.69, 9.17) is 0 Å². The van der Waals surface area contributed by atoms with E-state index in [-0.39, 0.29) is 17.8 Å². The number of halogens is 4. The van der Waals surface area contributed by atoms with Crippen molar-refractivity contribution in [3.05, 3.63) is 65.2 Å². The molecule has 0 aliphatic heterocycles. The lowest BCUT2D eigenvalue weighted by molar-refractivity contribution is 0.186. The van der Waals surface area contributed by atoms with Gasteiger partial charge in [0.1, 0.15) is 5.82 Å². The summed E-state index contributed by atoms with van der Waals surface area (Å²) in [5, 5.41) is 12.3. The summed E-state index contributed by atoms with van der Waals surface area (Å²) in [6.07, 6.45) is -1.20. The van der Waals surface area contributed by atoms with Crippen molar-refractivity contribution in [2.75, 3.05) is 11.9 Å². The van der Waals surface area contributed by atoms with E-state index in [1.54, 1.807) is 6.07 Å². The first-order valence-electron chi connectivity index (χ1n) is 5.80. The van der Waals surface area contributed by atoms with Crippen molar-refractivity contribution >= 4 is 5.69 Å². The van der Waals surface area contributed by atoms with Gasteiger partial charge in [-0.25, -0.2) is 17.6 Å². The molecule has 0 bridgehead atoms. The Bertz CT molecular complexity index is 595. The molecule has 1 atom stereocenters. The van der Waals surface area contributed by atoms with Crippen LogP contribution in [-0.2, 0) is 0 Å². The van der Waals surface area contributed by atoms with E-state index >= 15 is 0 Å². The molecular formula is C14H11F4NO. The molecule has 1 unspecified atom stereocenters. The van der Waals surface area contributed by atoms with Crippen molar-refractivity contribution in [3.8, 4) is 0 Å². The van der Waals surface area contributed by atoms with Gasteiger partial charge in [0, 0.05) is 29.9 Å². The lowest BCUT2D eigenvalue weighted by Gasteiger charge is -2.14. The van der Waals surface area contributed by atoms with Gasteiger partial charge in [0.15, 0.2) is 17.5 Å². The van der Waals surface area contributed by atoms with Crippen molar-refractivity contribution in [1.82, 2.24) is 0 Å². The summed E-state index contributed by atoms with van der Waals surface area (Å²) in [4.78, 5) is 0. The van der Waals surface area contributed by atoms with Crippen LogP contribution in [0.25, 0.3) is 0 Å². The highest BCUT2D eigenvalue weighted by atomic mass is 19.2. The van der Waals surface area contributed by atoms with Crippen LogP contribution in [-0.4, -0.2) is 11.7 Å². The number of aliphatic hydroxyl groups excluding tert-OH is 1. The topological polar surface area (TPSA) is 32.3 Å². The minimum atomic E-state index is -1.56. The van der Waals surface area contributed by atoms with Crippen LogP contribution in [0.4, 0.5) is 23.2 Å². The fraction of sp³-hybridized carbons (Fsp3) is 0.143. The van der Waals surface area contributed by atoms with E-state index < -0.39 is 29.4 Å². The minimum absolute atomic E-state index is 0.0446. The zero-order valence-electron chi connectivity index (χ0n) is 10.2.